The number of hydrogen-bond acceptors (Lipinski definition) is 3. The van der Waals surface area contributed by atoms with Crippen molar-refractivity contribution in [2.45, 2.75) is 13.0 Å². The van der Waals surface area contributed by atoms with E-state index in [-0.39, 0.29) is 6.04 Å². The van der Waals surface area contributed by atoms with Crippen LogP contribution in [0.2, 0.25) is 0 Å². The Hall–Kier alpha value is -0.740. The average Bonchev–Trinajstić information content (AvgIpc) is 2.17. The van der Waals surface area contributed by atoms with E-state index in [9.17, 15) is 0 Å². The summed E-state index contributed by atoms with van der Waals surface area (Å²) in [5.74, 6) is 1.55. The molecule has 1 aliphatic rings. The molecule has 1 heterocycles. The summed E-state index contributed by atoms with van der Waals surface area (Å²) < 4.78 is 11.9. The Morgan fingerprint density at radius 1 is 1.36 bits per heavy atom. The number of halogens is 1. The molecule has 0 amide bonds. The molecule has 0 radical (unpaired) electrons. The van der Waals surface area contributed by atoms with Crippen LogP contribution in [0.3, 0.4) is 0 Å². The maximum atomic E-state index is 5.80. The summed E-state index contributed by atoms with van der Waals surface area (Å²) in [6, 6.07) is 3.91. The second-order valence-electron chi connectivity index (χ2n) is 3.32. The molecule has 0 saturated carbocycles. The first-order valence-corrected chi connectivity index (χ1v) is 5.32. The van der Waals surface area contributed by atoms with Gasteiger partial charge in [-0.05, 0) is 40.5 Å². The van der Waals surface area contributed by atoms with Gasteiger partial charge in [-0.15, -0.1) is 0 Å². The molecule has 2 N–H and O–H groups in total. The molecule has 1 atom stereocenters. The van der Waals surface area contributed by atoms with Crippen LogP contribution < -0.4 is 15.2 Å². The lowest BCUT2D eigenvalue weighted by atomic mass is 10.1. The van der Waals surface area contributed by atoms with Crippen molar-refractivity contribution in [3.8, 4) is 11.5 Å². The molecule has 0 unspecified atom stereocenters. The molecule has 1 aromatic carbocycles. The van der Waals surface area contributed by atoms with E-state index < -0.39 is 0 Å². The van der Waals surface area contributed by atoms with Crippen molar-refractivity contribution >= 4 is 15.9 Å². The summed E-state index contributed by atoms with van der Waals surface area (Å²) >= 11 is 3.44. The van der Waals surface area contributed by atoms with Gasteiger partial charge in [0.05, 0.1) is 4.47 Å². The third-order valence-electron chi connectivity index (χ3n) is 2.14. The normalized spacial score (nSPS) is 16.5. The predicted octanol–water partition coefficient (Wildman–Crippen LogP) is 2.24. The molecule has 0 bridgehead atoms. The standard InChI is InChI=1S/C10H12BrNO2/c1-6(12)7-4-8(11)10-9(5-7)13-2-3-14-10/h4-6H,2-3,12H2,1H3/t6-/m1/s1. The second-order valence-corrected chi connectivity index (χ2v) is 4.17. The van der Waals surface area contributed by atoms with Gasteiger partial charge >= 0.3 is 0 Å². The molecule has 3 nitrogen and oxygen atoms in total. The lowest BCUT2D eigenvalue weighted by Gasteiger charge is -2.21. The highest BCUT2D eigenvalue weighted by Gasteiger charge is 2.17. The number of rotatable bonds is 1. The van der Waals surface area contributed by atoms with Gasteiger partial charge in [-0.2, -0.15) is 0 Å². The molecule has 1 aliphatic heterocycles. The Balaban J connectivity index is 2.46. The predicted molar refractivity (Wildman–Crippen MR) is 57.7 cm³/mol. The molecule has 0 saturated heterocycles. The SMILES string of the molecule is C[C@@H](N)c1cc(Br)c2c(c1)OCCO2. The van der Waals surface area contributed by atoms with Gasteiger partial charge in [0.1, 0.15) is 13.2 Å². The first kappa shape index (κ1) is 9.80. The maximum Gasteiger partial charge on any atom is 0.175 e. The number of hydrogen-bond donors (Lipinski definition) is 1. The topological polar surface area (TPSA) is 44.5 Å². The van der Waals surface area contributed by atoms with Gasteiger partial charge in [0.2, 0.25) is 0 Å². The fourth-order valence-electron chi connectivity index (χ4n) is 1.39. The third kappa shape index (κ3) is 1.72. The van der Waals surface area contributed by atoms with E-state index in [1.807, 2.05) is 19.1 Å². The minimum absolute atomic E-state index is 0.00197. The van der Waals surface area contributed by atoms with Crippen molar-refractivity contribution in [3.63, 3.8) is 0 Å². The van der Waals surface area contributed by atoms with E-state index in [4.69, 9.17) is 15.2 Å². The largest absolute Gasteiger partial charge is 0.486 e. The van der Waals surface area contributed by atoms with Crippen LogP contribution in [-0.2, 0) is 0 Å². The number of benzene rings is 1. The van der Waals surface area contributed by atoms with Crippen LogP contribution in [0.15, 0.2) is 16.6 Å². The average molecular weight is 258 g/mol. The van der Waals surface area contributed by atoms with Gasteiger partial charge in [-0.3, -0.25) is 0 Å². The van der Waals surface area contributed by atoms with E-state index in [2.05, 4.69) is 15.9 Å². The van der Waals surface area contributed by atoms with Gasteiger partial charge in [-0.1, -0.05) is 0 Å². The van der Waals surface area contributed by atoms with Crippen LogP contribution in [0, 0.1) is 0 Å². The second kappa shape index (κ2) is 3.79. The maximum absolute atomic E-state index is 5.80. The van der Waals surface area contributed by atoms with Gasteiger partial charge in [0.25, 0.3) is 0 Å². The van der Waals surface area contributed by atoms with Crippen molar-refractivity contribution in [1.29, 1.82) is 0 Å². The number of fused-ring (bicyclic) bond motifs is 1. The molecule has 2 rings (SSSR count). The zero-order valence-electron chi connectivity index (χ0n) is 7.92. The molecule has 76 valence electrons. The van der Waals surface area contributed by atoms with E-state index in [1.165, 1.54) is 0 Å². The Morgan fingerprint density at radius 3 is 2.79 bits per heavy atom. The van der Waals surface area contributed by atoms with Crippen molar-refractivity contribution in [2.75, 3.05) is 13.2 Å². The van der Waals surface area contributed by atoms with Gasteiger partial charge in [0, 0.05) is 6.04 Å². The zero-order valence-corrected chi connectivity index (χ0v) is 9.50. The van der Waals surface area contributed by atoms with Crippen LogP contribution in [0.1, 0.15) is 18.5 Å². The lowest BCUT2D eigenvalue weighted by Crippen LogP contribution is -2.16. The fraction of sp³-hybridized carbons (Fsp3) is 0.400. The minimum Gasteiger partial charge on any atom is -0.486 e. The van der Waals surface area contributed by atoms with Gasteiger partial charge in [-0.25, -0.2) is 0 Å². The highest BCUT2D eigenvalue weighted by molar-refractivity contribution is 9.10. The van der Waals surface area contributed by atoms with Crippen LogP contribution in [0.4, 0.5) is 0 Å². The van der Waals surface area contributed by atoms with E-state index in [0.29, 0.717) is 13.2 Å². The van der Waals surface area contributed by atoms with Crippen LogP contribution in [-0.4, -0.2) is 13.2 Å². The van der Waals surface area contributed by atoms with Crippen molar-refractivity contribution in [3.05, 3.63) is 22.2 Å². The van der Waals surface area contributed by atoms with Crippen molar-refractivity contribution < 1.29 is 9.47 Å². The summed E-state index contributed by atoms with van der Waals surface area (Å²) in [6.45, 7) is 3.14. The summed E-state index contributed by atoms with van der Waals surface area (Å²) in [5.41, 5.74) is 6.84. The Bertz CT molecular complexity index is 352. The van der Waals surface area contributed by atoms with E-state index >= 15 is 0 Å². The summed E-state index contributed by atoms with van der Waals surface area (Å²) in [5, 5.41) is 0. The number of nitrogens with two attached hydrogens (primary N) is 1. The first-order chi connectivity index (χ1) is 6.68. The third-order valence-corrected chi connectivity index (χ3v) is 2.73. The summed E-state index contributed by atoms with van der Waals surface area (Å²) in [6.07, 6.45) is 0. The Labute approximate surface area is 91.3 Å². The molecule has 0 fully saturated rings. The number of ether oxygens (including phenoxy) is 2. The van der Waals surface area contributed by atoms with E-state index in [0.717, 1.165) is 21.5 Å². The molecule has 14 heavy (non-hydrogen) atoms. The molecule has 1 aromatic rings. The highest BCUT2D eigenvalue weighted by atomic mass is 79.9. The molecule has 4 heteroatoms. The quantitative estimate of drug-likeness (QED) is 0.840. The monoisotopic (exact) mass is 257 g/mol. The summed E-state index contributed by atoms with van der Waals surface area (Å²) in [7, 11) is 0. The Morgan fingerprint density at radius 2 is 2.07 bits per heavy atom. The van der Waals surface area contributed by atoms with Crippen molar-refractivity contribution in [2.24, 2.45) is 5.73 Å². The highest BCUT2D eigenvalue weighted by Crippen LogP contribution is 2.39. The minimum atomic E-state index is 0.00197. The van der Waals surface area contributed by atoms with E-state index in [1.54, 1.807) is 0 Å². The van der Waals surface area contributed by atoms with Crippen LogP contribution in [0.25, 0.3) is 0 Å². The van der Waals surface area contributed by atoms with Crippen LogP contribution in [0.5, 0.6) is 11.5 Å². The summed E-state index contributed by atoms with van der Waals surface area (Å²) in [4.78, 5) is 0. The van der Waals surface area contributed by atoms with Gasteiger partial charge < -0.3 is 15.2 Å². The molecular formula is C10H12BrNO2. The van der Waals surface area contributed by atoms with Gasteiger partial charge in [0.15, 0.2) is 11.5 Å². The smallest absolute Gasteiger partial charge is 0.175 e. The molecule has 0 spiro atoms. The lowest BCUT2D eigenvalue weighted by molar-refractivity contribution is 0.170. The first-order valence-electron chi connectivity index (χ1n) is 4.53. The van der Waals surface area contributed by atoms with Crippen molar-refractivity contribution in [1.82, 2.24) is 0 Å². The zero-order chi connectivity index (χ0) is 10.1. The molecular weight excluding hydrogens is 246 g/mol. The Kier molecular flexibility index (Phi) is 2.65. The molecule has 0 aromatic heterocycles. The molecule has 0 aliphatic carbocycles. The fourth-order valence-corrected chi connectivity index (χ4v) is 1.97. The van der Waals surface area contributed by atoms with Crippen LogP contribution >= 0.6 is 15.9 Å².